The standard InChI is InChI=1S/C7H11AsN2/c1-6(2)4-10-5-7(8)3-9-10/h3,5H,1,4,8H2,2H3. The first kappa shape index (κ1) is 7.61. The predicted molar refractivity (Wildman–Crippen MR) is 45.2 cm³/mol. The third kappa shape index (κ3) is 2.03. The molecule has 1 rings (SSSR count). The molecule has 0 fully saturated rings. The molecular formula is C7H11AsN2. The second-order valence-electron chi connectivity index (χ2n) is 2.43. The Kier molecular flexibility index (Phi) is 2.33. The van der Waals surface area contributed by atoms with E-state index in [1.54, 1.807) is 16.9 Å². The predicted octanol–water partition coefficient (Wildman–Crippen LogP) is -0.282. The maximum absolute atomic E-state index is 4.13. The molecule has 1 unspecified atom stereocenters. The van der Waals surface area contributed by atoms with Crippen molar-refractivity contribution >= 4 is 21.2 Å². The van der Waals surface area contributed by atoms with E-state index in [9.17, 15) is 0 Å². The maximum atomic E-state index is 4.13. The zero-order valence-corrected chi connectivity index (χ0v) is 8.46. The summed E-state index contributed by atoms with van der Waals surface area (Å²) in [6, 6.07) is 0. The van der Waals surface area contributed by atoms with Crippen molar-refractivity contribution in [2.75, 3.05) is 0 Å². The van der Waals surface area contributed by atoms with E-state index >= 15 is 0 Å². The van der Waals surface area contributed by atoms with Crippen LogP contribution in [0.4, 0.5) is 0 Å². The molecule has 0 amide bonds. The summed E-state index contributed by atoms with van der Waals surface area (Å²) in [6.45, 7) is 6.64. The quantitative estimate of drug-likeness (QED) is 0.472. The van der Waals surface area contributed by atoms with Gasteiger partial charge in [-0.25, -0.2) is 0 Å². The van der Waals surface area contributed by atoms with Gasteiger partial charge in [0.25, 0.3) is 0 Å². The second kappa shape index (κ2) is 3.07. The van der Waals surface area contributed by atoms with Crippen LogP contribution in [0.5, 0.6) is 0 Å². The number of aromatic nitrogens is 2. The van der Waals surface area contributed by atoms with Crippen molar-refractivity contribution in [2.45, 2.75) is 13.5 Å². The Morgan fingerprint density at radius 1 is 1.90 bits per heavy atom. The van der Waals surface area contributed by atoms with Gasteiger partial charge in [-0.1, -0.05) is 0 Å². The third-order valence-corrected chi connectivity index (χ3v) is 1.71. The summed E-state index contributed by atoms with van der Waals surface area (Å²) < 4.78 is 3.16. The van der Waals surface area contributed by atoms with Crippen LogP contribution in [0.1, 0.15) is 6.92 Å². The number of hydrogen-bond acceptors (Lipinski definition) is 1. The van der Waals surface area contributed by atoms with Gasteiger partial charge >= 0.3 is 69.0 Å². The van der Waals surface area contributed by atoms with Crippen molar-refractivity contribution in [3.8, 4) is 0 Å². The van der Waals surface area contributed by atoms with Crippen molar-refractivity contribution in [2.24, 2.45) is 0 Å². The summed E-state index contributed by atoms with van der Waals surface area (Å²) in [4.78, 5) is 0. The molecule has 0 N–H and O–H groups in total. The average Bonchev–Trinajstić information content (AvgIpc) is 2.13. The Labute approximate surface area is 69.4 Å². The Hall–Kier alpha value is -0.492. The van der Waals surface area contributed by atoms with Gasteiger partial charge in [0.15, 0.2) is 0 Å². The van der Waals surface area contributed by atoms with Crippen LogP contribution < -0.4 is 4.35 Å². The van der Waals surface area contributed by atoms with Gasteiger partial charge in [-0.15, -0.1) is 0 Å². The average molecular weight is 198 g/mol. The number of hydrogen-bond donors (Lipinski definition) is 0. The molecule has 0 saturated heterocycles. The molecule has 1 aromatic rings. The molecule has 10 heavy (non-hydrogen) atoms. The van der Waals surface area contributed by atoms with E-state index in [4.69, 9.17) is 0 Å². The summed E-state index contributed by atoms with van der Waals surface area (Å²) in [6.07, 6.45) is 3.91. The summed E-state index contributed by atoms with van der Waals surface area (Å²) in [5.74, 6) is 0. The molecule has 0 spiro atoms. The Balaban J connectivity index is 2.67. The number of nitrogens with zero attached hydrogens (tertiary/aromatic N) is 2. The number of rotatable bonds is 2. The fraction of sp³-hybridized carbons (Fsp3) is 0.286. The molecule has 0 aliphatic heterocycles. The van der Waals surface area contributed by atoms with E-state index < -0.39 is 0 Å². The second-order valence-corrected chi connectivity index (χ2v) is 3.83. The van der Waals surface area contributed by atoms with Crippen LogP contribution in [0, 0.1) is 0 Å². The minimum atomic E-state index is 0.837. The molecule has 0 aromatic carbocycles. The van der Waals surface area contributed by atoms with Gasteiger partial charge < -0.3 is 0 Å². The number of allylic oxidation sites excluding steroid dienone is 1. The van der Waals surface area contributed by atoms with E-state index in [1.165, 1.54) is 4.35 Å². The van der Waals surface area contributed by atoms with Gasteiger partial charge in [-0.2, -0.15) is 0 Å². The van der Waals surface area contributed by atoms with Gasteiger partial charge in [-0.3, -0.25) is 0 Å². The minimum absolute atomic E-state index is 0.837. The van der Waals surface area contributed by atoms with Gasteiger partial charge in [0.1, 0.15) is 0 Å². The molecule has 0 radical (unpaired) electrons. The fourth-order valence-corrected chi connectivity index (χ4v) is 1.24. The normalized spacial score (nSPS) is 9.80. The molecule has 1 atom stereocenters. The van der Waals surface area contributed by atoms with Gasteiger partial charge in [0.05, 0.1) is 0 Å². The third-order valence-electron chi connectivity index (χ3n) is 1.09. The van der Waals surface area contributed by atoms with E-state index in [0.29, 0.717) is 0 Å². The first-order valence-corrected chi connectivity index (χ1v) is 4.32. The van der Waals surface area contributed by atoms with Crippen molar-refractivity contribution in [1.29, 1.82) is 0 Å². The van der Waals surface area contributed by atoms with Crippen LogP contribution in [-0.4, -0.2) is 26.6 Å². The molecule has 0 bridgehead atoms. The summed E-state index contributed by atoms with van der Waals surface area (Å²) in [7, 11) is 0. The van der Waals surface area contributed by atoms with Gasteiger partial charge in [0.2, 0.25) is 0 Å². The first-order chi connectivity index (χ1) is 4.68. The van der Waals surface area contributed by atoms with Crippen LogP contribution in [0.3, 0.4) is 0 Å². The van der Waals surface area contributed by atoms with Crippen LogP contribution in [0.25, 0.3) is 0 Å². The van der Waals surface area contributed by atoms with Crippen LogP contribution in [0.2, 0.25) is 0 Å². The van der Waals surface area contributed by atoms with E-state index in [-0.39, 0.29) is 0 Å². The monoisotopic (exact) mass is 198 g/mol. The van der Waals surface area contributed by atoms with Crippen molar-refractivity contribution in [3.63, 3.8) is 0 Å². The Morgan fingerprint density at radius 2 is 2.60 bits per heavy atom. The van der Waals surface area contributed by atoms with E-state index in [0.717, 1.165) is 12.1 Å². The fourth-order valence-electron chi connectivity index (χ4n) is 0.743. The Bertz CT molecular complexity index is 240. The molecule has 3 heteroatoms. The van der Waals surface area contributed by atoms with Gasteiger partial charge in [-0.05, 0) is 0 Å². The SMILES string of the molecule is C=C(C)Cn1cc([AsH2])cn1. The summed E-state index contributed by atoms with van der Waals surface area (Å²) >= 11 is 1.60. The summed E-state index contributed by atoms with van der Waals surface area (Å²) in [5, 5.41) is 4.13. The molecule has 0 saturated carbocycles. The topological polar surface area (TPSA) is 17.8 Å². The molecule has 54 valence electrons. The molecule has 1 heterocycles. The zero-order valence-electron chi connectivity index (χ0n) is 6.04. The van der Waals surface area contributed by atoms with Crippen molar-refractivity contribution in [1.82, 2.24) is 9.78 Å². The van der Waals surface area contributed by atoms with Crippen LogP contribution in [-0.2, 0) is 6.54 Å². The molecule has 2 nitrogen and oxygen atoms in total. The van der Waals surface area contributed by atoms with Gasteiger partial charge in [0, 0.05) is 0 Å². The molecule has 0 aliphatic rings. The van der Waals surface area contributed by atoms with Crippen LogP contribution >= 0.6 is 0 Å². The van der Waals surface area contributed by atoms with Crippen molar-refractivity contribution < 1.29 is 0 Å². The van der Waals surface area contributed by atoms with E-state index in [1.807, 2.05) is 24.0 Å². The summed E-state index contributed by atoms with van der Waals surface area (Å²) in [5.41, 5.74) is 1.13. The van der Waals surface area contributed by atoms with Crippen molar-refractivity contribution in [3.05, 3.63) is 24.5 Å². The molecule has 0 aliphatic carbocycles. The molecular weight excluding hydrogens is 187 g/mol. The van der Waals surface area contributed by atoms with Crippen LogP contribution in [0.15, 0.2) is 24.5 Å². The first-order valence-electron chi connectivity index (χ1n) is 3.11. The Morgan fingerprint density at radius 3 is 3.00 bits per heavy atom. The molecule has 1 aromatic heterocycles. The van der Waals surface area contributed by atoms with E-state index in [2.05, 4.69) is 11.7 Å². The zero-order chi connectivity index (χ0) is 7.56.